The monoisotopic (exact) mass is 374 g/mol. The molecule has 0 spiro atoms. The summed E-state index contributed by atoms with van der Waals surface area (Å²) < 4.78 is 5.60. The van der Waals surface area contributed by atoms with E-state index in [1.54, 1.807) is 7.11 Å². The van der Waals surface area contributed by atoms with Gasteiger partial charge in [0.05, 0.1) is 6.10 Å². The Morgan fingerprint density at radius 2 is 1.89 bits per heavy atom. The van der Waals surface area contributed by atoms with Gasteiger partial charge in [-0.25, -0.2) is 0 Å². The van der Waals surface area contributed by atoms with Crippen LogP contribution in [0.25, 0.3) is 0 Å². The van der Waals surface area contributed by atoms with Crippen molar-refractivity contribution in [2.24, 2.45) is 5.41 Å². The average Bonchev–Trinajstić information content (AvgIpc) is 2.59. The maximum atomic E-state index is 5.60. The zero-order valence-corrected chi connectivity index (χ0v) is 19.0. The van der Waals surface area contributed by atoms with Crippen LogP contribution in [0.15, 0.2) is 30.5 Å². The third kappa shape index (κ3) is 8.49. The average molecular weight is 375 g/mol. The van der Waals surface area contributed by atoms with Crippen LogP contribution in [0.3, 0.4) is 0 Å². The Kier molecular flexibility index (Phi) is 9.55. The molecule has 0 aliphatic carbocycles. The van der Waals surface area contributed by atoms with Crippen LogP contribution >= 0.6 is 0 Å². The summed E-state index contributed by atoms with van der Waals surface area (Å²) in [5, 5.41) is 3.60. The molecule has 0 fully saturated rings. The molecule has 0 amide bonds. The Morgan fingerprint density at radius 1 is 1.22 bits per heavy atom. The number of nitrogens with zero attached hydrogens (tertiary/aromatic N) is 1. The lowest BCUT2D eigenvalue weighted by Gasteiger charge is -2.36. The van der Waals surface area contributed by atoms with Crippen LogP contribution in [-0.2, 0) is 11.2 Å². The molecule has 0 aliphatic heterocycles. The lowest BCUT2D eigenvalue weighted by Crippen LogP contribution is -2.44. The number of nitrogens with one attached hydrogen (secondary N) is 1. The molecular weight excluding hydrogens is 332 g/mol. The topological polar surface area (TPSA) is 24.5 Å². The van der Waals surface area contributed by atoms with Crippen molar-refractivity contribution in [3.8, 4) is 0 Å². The van der Waals surface area contributed by atoms with Gasteiger partial charge in [0, 0.05) is 31.9 Å². The van der Waals surface area contributed by atoms with E-state index in [4.69, 9.17) is 4.74 Å². The first-order chi connectivity index (χ1) is 12.6. The van der Waals surface area contributed by atoms with Gasteiger partial charge in [0.25, 0.3) is 0 Å². The molecule has 2 unspecified atom stereocenters. The van der Waals surface area contributed by atoms with E-state index < -0.39 is 0 Å². The van der Waals surface area contributed by atoms with E-state index in [1.165, 1.54) is 16.7 Å². The van der Waals surface area contributed by atoms with Crippen molar-refractivity contribution in [2.75, 3.05) is 27.2 Å². The zero-order chi connectivity index (χ0) is 20.6. The van der Waals surface area contributed by atoms with Gasteiger partial charge in [-0.2, -0.15) is 0 Å². The number of aryl methyl sites for hydroxylation is 2. The van der Waals surface area contributed by atoms with E-state index in [2.05, 4.69) is 83.6 Å². The predicted octanol–water partition coefficient (Wildman–Crippen LogP) is 5.11. The standard InChI is InChI=1S/C24H42N2O/c1-10-22(27-9)17-26(8)23(16-24(5,6)7)20(4)25-14-13-21-12-11-18(2)19(3)15-21/h11-12,15,22-23,25H,4,10,13-14,16-17H2,1-3,5-9H3. The number of benzene rings is 1. The van der Waals surface area contributed by atoms with Crippen LogP contribution in [0.1, 0.15) is 57.2 Å². The van der Waals surface area contributed by atoms with Crippen molar-refractivity contribution in [3.63, 3.8) is 0 Å². The molecule has 154 valence electrons. The summed E-state index contributed by atoms with van der Waals surface area (Å²) in [4.78, 5) is 2.40. The highest BCUT2D eigenvalue weighted by atomic mass is 16.5. The first kappa shape index (κ1) is 23.7. The second-order valence-electron chi connectivity index (χ2n) is 9.11. The normalized spacial score (nSPS) is 14.3. The number of hydrogen-bond acceptors (Lipinski definition) is 3. The van der Waals surface area contributed by atoms with E-state index in [0.29, 0.717) is 6.04 Å². The van der Waals surface area contributed by atoms with Gasteiger partial charge in [-0.05, 0) is 62.3 Å². The van der Waals surface area contributed by atoms with Crippen molar-refractivity contribution in [1.82, 2.24) is 10.2 Å². The van der Waals surface area contributed by atoms with Crippen LogP contribution in [0.2, 0.25) is 0 Å². The number of rotatable bonds is 11. The maximum Gasteiger partial charge on any atom is 0.0695 e. The van der Waals surface area contributed by atoms with Gasteiger partial charge >= 0.3 is 0 Å². The van der Waals surface area contributed by atoms with Crippen LogP contribution in [0.4, 0.5) is 0 Å². The molecule has 1 rings (SSSR count). The fourth-order valence-corrected chi connectivity index (χ4v) is 3.39. The molecule has 1 aromatic carbocycles. The summed E-state index contributed by atoms with van der Waals surface area (Å²) in [5.41, 5.74) is 5.45. The van der Waals surface area contributed by atoms with Gasteiger partial charge < -0.3 is 10.1 Å². The fraction of sp³-hybridized carbons (Fsp3) is 0.667. The largest absolute Gasteiger partial charge is 0.387 e. The van der Waals surface area contributed by atoms with E-state index in [9.17, 15) is 0 Å². The minimum absolute atomic E-state index is 0.242. The number of likely N-dealkylation sites (N-methyl/N-ethyl adjacent to an activating group) is 1. The van der Waals surface area contributed by atoms with Crippen molar-refractivity contribution in [3.05, 3.63) is 47.2 Å². The van der Waals surface area contributed by atoms with Crippen LogP contribution in [-0.4, -0.2) is 44.3 Å². The third-order valence-electron chi connectivity index (χ3n) is 5.36. The Labute approximate surface area is 168 Å². The fourth-order valence-electron chi connectivity index (χ4n) is 3.39. The number of ether oxygens (including phenoxy) is 1. The molecule has 2 atom stereocenters. The first-order valence-corrected chi connectivity index (χ1v) is 10.3. The Bertz CT molecular complexity index is 585. The third-order valence-corrected chi connectivity index (χ3v) is 5.36. The number of methoxy groups -OCH3 is 1. The molecule has 0 heterocycles. The number of hydrogen-bond donors (Lipinski definition) is 1. The molecule has 0 bridgehead atoms. The zero-order valence-electron chi connectivity index (χ0n) is 19.0. The molecule has 0 aromatic heterocycles. The van der Waals surface area contributed by atoms with Gasteiger partial charge in [-0.1, -0.05) is 52.5 Å². The summed E-state index contributed by atoms with van der Waals surface area (Å²) in [6.07, 6.45) is 3.37. The quantitative estimate of drug-likeness (QED) is 0.582. The second kappa shape index (κ2) is 10.9. The van der Waals surface area contributed by atoms with Crippen molar-refractivity contribution in [1.29, 1.82) is 0 Å². The highest BCUT2D eigenvalue weighted by molar-refractivity contribution is 5.30. The summed E-state index contributed by atoms with van der Waals surface area (Å²) >= 11 is 0. The SMILES string of the molecule is C=C(NCCc1ccc(C)c(C)c1)C(CC(C)(C)C)N(C)CC(CC)OC. The van der Waals surface area contributed by atoms with Gasteiger partial charge in [0.15, 0.2) is 0 Å². The van der Waals surface area contributed by atoms with Gasteiger partial charge in [0.2, 0.25) is 0 Å². The summed E-state index contributed by atoms with van der Waals surface area (Å²) in [7, 11) is 3.99. The van der Waals surface area contributed by atoms with E-state index in [1.807, 2.05) is 0 Å². The lowest BCUT2D eigenvalue weighted by atomic mass is 9.86. The predicted molar refractivity (Wildman–Crippen MR) is 118 cm³/mol. The van der Waals surface area contributed by atoms with Crippen molar-refractivity contribution in [2.45, 2.75) is 73.0 Å². The Morgan fingerprint density at radius 3 is 2.41 bits per heavy atom. The molecule has 0 saturated heterocycles. The smallest absolute Gasteiger partial charge is 0.0695 e. The Hall–Kier alpha value is -1.32. The van der Waals surface area contributed by atoms with Gasteiger partial charge in [-0.3, -0.25) is 4.90 Å². The summed E-state index contributed by atoms with van der Waals surface area (Å²) in [6.45, 7) is 19.6. The molecular formula is C24H42N2O. The molecule has 0 saturated carbocycles. The molecule has 0 radical (unpaired) electrons. The maximum absolute atomic E-state index is 5.60. The van der Waals surface area contributed by atoms with Crippen molar-refractivity contribution >= 4 is 0 Å². The van der Waals surface area contributed by atoms with Crippen LogP contribution in [0.5, 0.6) is 0 Å². The lowest BCUT2D eigenvalue weighted by molar-refractivity contribution is 0.0542. The van der Waals surface area contributed by atoms with Gasteiger partial charge in [-0.15, -0.1) is 0 Å². The molecule has 0 aliphatic rings. The highest BCUT2D eigenvalue weighted by Crippen LogP contribution is 2.26. The second-order valence-corrected chi connectivity index (χ2v) is 9.11. The minimum Gasteiger partial charge on any atom is -0.387 e. The Balaban J connectivity index is 2.70. The van der Waals surface area contributed by atoms with E-state index in [0.717, 1.165) is 38.0 Å². The van der Waals surface area contributed by atoms with Crippen LogP contribution < -0.4 is 5.32 Å². The molecule has 3 nitrogen and oxygen atoms in total. The molecule has 1 N–H and O–H groups in total. The highest BCUT2D eigenvalue weighted by Gasteiger charge is 2.26. The van der Waals surface area contributed by atoms with E-state index in [-0.39, 0.29) is 11.5 Å². The van der Waals surface area contributed by atoms with Gasteiger partial charge in [0.1, 0.15) is 0 Å². The molecule has 3 heteroatoms. The van der Waals surface area contributed by atoms with Crippen LogP contribution in [0, 0.1) is 19.3 Å². The first-order valence-electron chi connectivity index (χ1n) is 10.3. The summed E-state index contributed by atoms with van der Waals surface area (Å²) in [6, 6.07) is 7.04. The summed E-state index contributed by atoms with van der Waals surface area (Å²) in [5.74, 6) is 0. The van der Waals surface area contributed by atoms with E-state index >= 15 is 0 Å². The van der Waals surface area contributed by atoms with Crippen molar-refractivity contribution < 1.29 is 4.74 Å². The molecule has 27 heavy (non-hydrogen) atoms. The molecule has 1 aromatic rings. The minimum atomic E-state index is 0.242.